The molecule has 0 bridgehead atoms. The molecule has 0 saturated carbocycles. The Hall–Kier alpha value is -1.14. The highest BCUT2D eigenvalue weighted by atomic mass is 16.4. The Kier molecular flexibility index (Phi) is 5.99. The summed E-state index contributed by atoms with van der Waals surface area (Å²) >= 11 is 0. The SMILES string of the molecule is NC1CCN(CC(=O)N2CCC(CCC(=O)O)CC2)CC1. The third kappa shape index (κ3) is 5.28. The van der Waals surface area contributed by atoms with Crippen LogP contribution >= 0.6 is 0 Å². The van der Waals surface area contributed by atoms with E-state index in [1.165, 1.54) is 0 Å². The molecule has 120 valence electrons. The Morgan fingerprint density at radius 1 is 1.05 bits per heavy atom. The zero-order chi connectivity index (χ0) is 15.2. The molecule has 0 aliphatic carbocycles. The molecule has 2 aliphatic heterocycles. The predicted octanol–water partition coefficient (Wildman–Crippen LogP) is 0.513. The molecular formula is C15H27N3O3. The maximum Gasteiger partial charge on any atom is 0.303 e. The monoisotopic (exact) mass is 297 g/mol. The summed E-state index contributed by atoms with van der Waals surface area (Å²) < 4.78 is 0. The molecule has 2 fully saturated rings. The minimum Gasteiger partial charge on any atom is -0.481 e. The van der Waals surface area contributed by atoms with Gasteiger partial charge in [-0.05, 0) is 38.0 Å². The molecule has 0 aromatic heterocycles. The van der Waals surface area contributed by atoms with Crippen molar-refractivity contribution in [3.8, 4) is 0 Å². The lowest BCUT2D eigenvalue weighted by Gasteiger charge is -2.35. The van der Waals surface area contributed by atoms with Gasteiger partial charge in [0.25, 0.3) is 0 Å². The standard InChI is InChI=1S/C15H27N3O3/c16-13-5-7-17(8-6-13)11-14(19)18-9-3-12(4-10-18)1-2-15(20)21/h12-13H,1-11,16H2,(H,20,21). The second-order valence-electron chi connectivity index (χ2n) is 6.37. The molecule has 2 heterocycles. The van der Waals surface area contributed by atoms with Gasteiger partial charge in [-0.1, -0.05) is 0 Å². The Labute approximate surface area is 126 Å². The van der Waals surface area contributed by atoms with Gasteiger partial charge >= 0.3 is 5.97 Å². The number of carbonyl (C=O) groups excluding carboxylic acids is 1. The first-order chi connectivity index (χ1) is 10.0. The Bertz CT molecular complexity index is 359. The van der Waals surface area contributed by atoms with Crippen molar-refractivity contribution in [3.05, 3.63) is 0 Å². The largest absolute Gasteiger partial charge is 0.481 e. The van der Waals surface area contributed by atoms with Gasteiger partial charge in [0.05, 0.1) is 6.54 Å². The number of hydrogen-bond acceptors (Lipinski definition) is 4. The van der Waals surface area contributed by atoms with Crippen LogP contribution in [-0.2, 0) is 9.59 Å². The lowest BCUT2D eigenvalue weighted by atomic mass is 9.92. The highest BCUT2D eigenvalue weighted by molar-refractivity contribution is 5.78. The lowest BCUT2D eigenvalue weighted by molar-refractivity contribution is -0.138. The minimum absolute atomic E-state index is 0.210. The highest BCUT2D eigenvalue weighted by Gasteiger charge is 2.25. The van der Waals surface area contributed by atoms with Crippen LogP contribution in [0.4, 0.5) is 0 Å². The lowest BCUT2D eigenvalue weighted by Crippen LogP contribution is -2.47. The van der Waals surface area contributed by atoms with E-state index in [4.69, 9.17) is 10.8 Å². The van der Waals surface area contributed by atoms with Crippen LogP contribution in [0, 0.1) is 5.92 Å². The minimum atomic E-state index is -0.725. The molecule has 2 saturated heterocycles. The quantitative estimate of drug-likeness (QED) is 0.772. The van der Waals surface area contributed by atoms with Crippen LogP contribution in [0.15, 0.2) is 0 Å². The number of piperidine rings is 2. The van der Waals surface area contributed by atoms with Crippen molar-refractivity contribution < 1.29 is 14.7 Å². The number of nitrogens with two attached hydrogens (primary N) is 1. The molecule has 6 nitrogen and oxygen atoms in total. The first kappa shape index (κ1) is 16.2. The summed E-state index contributed by atoms with van der Waals surface area (Å²) in [5.41, 5.74) is 5.87. The molecule has 0 atom stereocenters. The smallest absolute Gasteiger partial charge is 0.303 e. The van der Waals surface area contributed by atoms with Crippen molar-refractivity contribution in [2.75, 3.05) is 32.7 Å². The maximum absolute atomic E-state index is 12.3. The zero-order valence-corrected chi connectivity index (χ0v) is 12.7. The number of nitrogens with zero attached hydrogens (tertiary/aromatic N) is 2. The molecule has 0 radical (unpaired) electrons. The van der Waals surface area contributed by atoms with Gasteiger partial charge < -0.3 is 15.7 Å². The van der Waals surface area contributed by atoms with Gasteiger partial charge in [0.2, 0.25) is 5.91 Å². The van der Waals surface area contributed by atoms with Gasteiger partial charge in [0, 0.05) is 38.6 Å². The van der Waals surface area contributed by atoms with E-state index in [1.807, 2.05) is 4.90 Å². The molecule has 0 spiro atoms. The molecule has 0 unspecified atom stereocenters. The predicted molar refractivity (Wildman–Crippen MR) is 79.8 cm³/mol. The molecule has 2 aliphatic rings. The fraction of sp³-hybridized carbons (Fsp3) is 0.867. The van der Waals surface area contributed by atoms with E-state index in [2.05, 4.69) is 4.90 Å². The van der Waals surface area contributed by atoms with E-state index in [0.717, 1.165) is 58.3 Å². The average molecular weight is 297 g/mol. The number of rotatable bonds is 5. The highest BCUT2D eigenvalue weighted by Crippen LogP contribution is 2.22. The van der Waals surface area contributed by atoms with Crippen molar-refractivity contribution >= 4 is 11.9 Å². The van der Waals surface area contributed by atoms with Gasteiger partial charge in [0.15, 0.2) is 0 Å². The van der Waals surface area contributed by atoms with Crippen LogP contribution in [0.25, 0.3) is 0 Å². The van der Waals surface area contributed by atoms with Crippen LogP contribution in [0.2, 0.25) is 0 Å². The molecule has 6 heteroatoms. The molecule has 0 aromatic rings. The summed E-state index contributed by atoms with van der Waals surface area (Å²) in [6.07, 6.45) is 4.80. The summed E-state index contributed by atoms with van der Waals surface area (Å²) in [6, 6.07) is 0.293. The van der Waals surface area contributed by atoms with Crippen molar-refractivity contribution in [1.29, 1.82) is 0 Å². The van der Waals surface area contributed by atoms with Crippen molar-refractivity contribution in [3.63, 3.8) is 0 Å². The maximum atomic E-state index is 12.3. The van der Waals surface area contributed by atoms with Crippen LogP contribution in [0.3, 0.4) is 0 Å². The van der Waals surface area contributed by atoms with Gasteiger partial charge in [-0.2, -0.15) is 0 Å². The fourth-order valence-electron chi connectivity index (χ4n) is 3.20. The van der Waals surface area contributed by atoms with Crippen molar-refractivity contribution in [2.45, 2.75) is 44.6 Å². The summed E-state index contributed by atoms with van der Waals surface area (Å²) in [7, 11) is 0. The van der Waals surface area contributed by atoms with Crippen LogP contribution < -0.4 is 5.73 Å². The van der Waals surface area contributed by atoms with Crippen LogP contribution in [0.1, 0.15) is 38.5 Å². The van der Waals surface area contributed by atoms with Gasteiger partial charge in [-0.15, -0.1) is 0 Å². The molecule has 3 N–H and O–H groups in total. The molecule has 0 aromatic carbocycles. The summed E-state index contributed by atoms with van der Waals surface area (Å²) in [5.74, 6) is -0.0582. The number of hydrogen-bond donors (Lipinski definition) is 2. The fourth-order valence-corrected chi connectivity index (χ4v) is 3.20. The second-order valence-corrected chi connectivity index (χ2v) is 6.37. The van der Waals surface area contributed by atoms with E-state index < -0.39 is 5.97 Å². The second kappa shape index (κ2) is 7.75. The Morgan fingerprint density at radius 2 is 1.67 bits per heavy atom. The summed E-state index contributed by atoms with van der Waals surface area (Å²) in [6.45, 7) is 3.89. The zero-order valence-electron chi connectivity index (χ0n) is 12.7. The Morgan fingerprint density at radius 3 is 2.24 bits per heavy atom. The normalized spacial score (nSPS) is 22.4. The van der Waals surface area contributed by atoms with Gasteiger partial charge in [0.1, 0.15) is 0 Å². The van der Waals surface area contributed by atoms with E-state index in [-0.39, 0.29) is 12.3 Å². The number of carboxylic acid groups (broad SMARTS) is 1. The van der Waals surface area contributed by atoms with Crippen molar-refractivity contribution in [2.24, 2.45) is 11.7 Å². The van der Waals surface area contributed by atoms with E-state index in [0.29, 0.717) is 18.5 Å². The Balaban J connectivity index is 1.67. The topological polar surface area (TPSA) is 86.9 Å². The number of amides is 1. The molecule has 1 amide bonds. The van der Waals surface area contributed by atoms with Crippen LogP contribution in [-0.4, -0.2) is 65.5 Å². The number of carbonyl (C=O) groups is 2. The van der Waals surface area contributed by atoms with E-state index in [9.17, 15) is 9.59 Å². The van der Waals surface area contributed by atoms with Crippen molar-refractivity contribution in [1.82, 2.24) is 9.80 Å². The first-order valence-corrected chi connectivity index (χ1v) is 8.02. The molecular weight excluding hydrogens is 270 g/mol. The van der Waals surface area contributed by atoms with Crippen LogP contribution in [0.5, 0.6) is 0 Å². The number of aliphatic carboxylic acids is 1. The molecule has 2 rings (SSSR count). The van der Waals surface area contributed by atoms with E-state index >= 15 is 0 Å². The average Bonchev–Trinajstić information content (AvgIpc) is 2.48. The third-order valence-electron chi connectivity index (χ3n) is 4.72. The summed E-state index contributed by atoms with van der Waals surface area (Å²) in [4.78, 5) is 27.0. The third-order valence-corrected chi connectivity index (χ3v) is 4.72. The molecule has 21 heavy (non-hydrogen) atoms. The first-order valence-electron chi connectivity index (χ1n) is 8.02. The van der Waals surface area contributed by atoms with Gasteiger partial charge in [-0.25, -0.2) is 0 Å². The number of likely N-dealkylation sites (tertiary alicyclic amines) is 2. The van der Waals surface area contributed by atoms with Gasteiger partial charge in [-0.3, -0.25) is 14.5 Å². The number of carboxylic acids is 1. The van der Waals surface area contributed by atoms with E-state index in [1.54, 1.807) is 0 Å². The summed E-state index contributed by atoms with van der Waals surface area (Å²) in [5, 5.41) is 8.71.